The number of nitrogens with two attached hydrogens (primary N) is 1. The largest absolute Gasteiger partial charge is 0.341 e. The third-order valence-electron chi connectivity index (χ3n) is 3.80. The van der Waals surface area contributed by atoms with Crippen molar-refractivity contribution in [3.05, 3.63) is 35.9 Å². The van der Waals surface area contributed by atoms with Crippen LogP contribution in [0.25, 0.3) is 0 Å². The molecule has 2 rings (SSSR count). The van der Waals surface area contributed by atoms with E-state index >= 15 is 0 Å². The molecular formula is C15H23N3O. The summed E-state index contributed by atoms with van der Waals surface area (Å²) >= 11 is 0. The zero-order chi connectivity index (χ0) is 13.8. The Hall–Kier alpha value is -1.39. The van der Waals surface area contributed by atoms with E-state index in [1.807, 2.05) is 54.2 Å². The quantitative estimate of drug-likeness (QED) is 0.883. The number of likely N-dealkylation sites (N-methyl/N-ethyl adjacent to an activating group) is 1. The van der Waals surface area contributed by atoms with E-state index in [2.05, 4.69) is 0 Å². The lowest BCUT2D eigenvalue weighted by Crippen LogP contribution is -2.39. The Morgan fingerprint density at radius 3 is 2.63 bits per heavy atom. The van der Waals surface area contributed by atoms with Crippen molar-refractivity contribution in [2.75, 3.05) is 33.7 Å². The van der Waals surface area contributed by atoms with Crippen LogP contribution in [-0.4, -0.2) is 49.4 Å². The van der Waals surface area contributed by atoms with Crippen LogP contribution in [0.5, 0.6) is 0 Å². The van der Waals surface area contributed by atoms with Crippen LogP contribution in [0, 0.1) is 5.92 Å². The molecule has 1 aromatic carbocycles. The molecule has 2 atom stereocenters. The molecule has 0 unspecified atom stereocenters. The molecule has 0 bridgehead atoms. The van der Waals surface area contributed by atoms with E-state index < -0.39 is 0 Å². The molecule has 1 aromatic rings. The SMILES string of the molecule is CN(C)[C@@H](C(=O)N1CC[C@@H](CN)C1)c1ccccc1. The third kappa shape index (κ3) is 3.14. The lowest BCUT2D eigenvalue weighted by atomic mass is 10.0. The minimum absolute atomic E-state index is 0.187. The molecule has 2 N–H and O–H groups in total. The molecule has 104 valence electrons. The van der Waals surface area contributed by atoms with Crippen molar-refractivity contribution in [1.82, 2.24) is 9.80 Å². The molecule has 1 amide bonds. The summed E-state index contributed by atoms with van der Waals surface area (Å²) in [6, 6.07) is 9.76. The van der Waals surface area contributed by atoms with Gasteiger partial charge in [0, 0.05) is 13.1 Å². The number of nitrogens with zero attached hydrogens (tertiary/aromatic N) is 2. The predicted octanol–water partition coefficient (Wildman–Crippen LogP) is 1.10. The van der Waals surface area contributed by atoms with Gasteiger partial charge in [-0.1, -0.05) is 30.3 Å². The number of amides is 1. The highest BCUT2D eigenvalue weighted by Crippen LogP contribution is 2.24. The number of likely N-dealkylation sites (tertiary alicyclic amines) is 1. The highest BCUT2D eigenvalue weighted by molar-refractivity contribution is 5.83. The fraction of sp³-hybridized carbons (Fsp3) is 0.533. The smallest absolute Gasteiger partial charge is 0.244 e. The van der Waals surface area contributed by atoms with Gasteiger partial charge in [0.15, 0.2) is 0 Å². The maximum absolute atomic E-state index is 12.7. The highest BCUT2D eigenvalue weighted by Gasteiger charge is 2.32. The van der Waals surface area contributed by atoms with Gasteiger partial charge >= 0.3 is 0 Å². The summed E-state index contributed by atoms with van der Waals surface area (Å²) < 4.78 is 0. The zero-order valence-electron chi connectivity index (χ0n) is 11.7. The molecule has 0 radical (unpaired) electrons. The third-order valence-corrected chi connectivity index (χ3v) is 3.80. The van der Waals surface area contributed by atoms with Gasteiger partial charge in [-0.3, -0.25) is 9.69 Å². The average Bonchev–Trinajstić information content (AvgIpc) is 2.88. The minimum atomic E-state index is -0.197. The van der Waals surface area contributed by atoms with Crippen LogP contribution in [0.1, 0.15) is 18.0 Å². The molecule has 0 spiro atoms. The summed E-state index contributed by atoms with van der Waals surface area (Å²) in [5.74, 6) is 0.648. The Morgan fingerprint density at radius 1 is 1.42 bits per heavy atom. The monoisotopic (exact) mass is 261 g/mol. The zero-order valence-corrected chi connectivity index (χ0v) is 11.7. The average molecular weight is 261 g/mol. The van der Waals surface area contributed by atoms with Crippen molar-refractivity contribution in [1.29, 1.82) is 0 Å². The van der Waals surface area contributed by atoms with Crippen molar-refractivity contribution in [3.63, 3.8) is 0 Å². The molecule has 4 nitrogen and oxygen atoms in total. The number of rotatable bonds is 4. The molecular weight excluding hydrogens is 238 g/mol. The number of hydrogen-bond acceptors (Lipinski definition) is 3. The van der Waals surface area contributed by atoms with Crippen LogP contribution < -0.4 is 5.73 Å². The van der Waals surface area contributed by atoms with Crippen LogP contribution in [0.4, 0.5) is 0 Å². The van der Waals surface area contributed by atoms with Crippen molar-refractivity contribution in [3.8, 4) is 0 Å². The maximum Gasteiger partial charge on any atom is 0.244 e. The first-order valence-corrected chi connectivity index (χ1v) is 6.83. The predicted molar refractivity (Wildman–Crippen MR) is 76.6 cm³/mol. The van der Waals surface area contributed by atoms with E-state index in [4.69, 9.17) is 5.73 Å². The van der Waals surface area contributed by atoms with Crippen molar-refractivity contribution in [2.45, 2.75) is 12.5 Å². The number of carbonyl (C=O) groups excluding carboxylic acids is 1. The molecule has 1 saturated heterocycles. The second-order valence-corrected chi connectivity index (χ2v) is 5.45. The molecule has 1 heterocycles. The van der Waals surface area contributed by atoms with Crippen molar-refractivity contribution >= 4 is 5.91 Å². The van der Waals surface area contributed by atoms with Gasteiger partial charge in [-0.2, -0.15) is 0 Å². The number of hydrogen-bond donors (Lipinski definition) is 1. The minimum Gasteiger partial charge on any atom is -0.341 e. The molecule has 0 aromatic heterocycles. The van der Waals surface area contributed by atoms with E-state index in [-0.39, 0.29) is 11.9 Å². The van der Waals surface area contributed by atoms with Crippen LogP contribution in [0.2, 0.25) is 0 Å². The first kappa shape index (κ1) is 14.0. The van der Waals surface area contributed by atoms with Crippen molar-refractivity contribution < 1.29 is 4.79 Å². The van der Waals surface area contributed by atoms with Gasteiger partial charge in [-0.15, -0.1) is 0 Å². The van der Waals surface area contributed by atoms with Crippen molar-refractivity contribution in [2.24, 2.45) is 11.7 Å². The Morgan fingerprint density at radius 2 is 2.11 bits per heavy atom. The van der Waals surface area contributed by atoms with Gasteiger partial charge in [0.2, 0.25) is 5.91 Å². The van der Waals surface area contributed by atoms with E-state index in [9.17, 15) is 4.79 Å². The molecule has 1 aliphatic rings. The highest BCUT2D eigenvalue weighted by atomic mass is 16.2. The normalized spacial score (nSPS) is 20.8. The fourth-order valence-corrected chi connectivity index (χ4v) is 2.70. The second-order valence-electron chi connectivity index (χ2n) is 5.45. The Bertz CT molecular complexity index is 419. The summed E-state index contributed by atoms with van der Waals surface area (Å²) in [7, 11) is 3.90. The first-order valence-electron chi connectivity index (χ1n) is 6.83. The van der Waals surface area contributed by atoms with Crippen LogP contribution >= 0.6 is 0 Å². The Labute approximate surface area is 115 Å². The van der Waals surface area contributed by atoms with Crippen LogP contribution in [0.15, 0.2) is 30.3 Å². The fourth-order valence-electron chi connectivity index (χ4n) is 2.70. The first-order chi connectivity index (χ1) is 9.13. The molecule has 4 heteroatoms. The maximum atomic E-state index is 12.7. The standard InChI is InChI=1S/C15H23N3O/c1-17(2)14(13-6-4-3-5-7-13)15(19)18-9-8-12(10-16)11-18/h3-7,12,14H,8-11,16H2,1-2H3/t12-,14+/m0/s1. The second kappa shape index (κ2) is 6.17. The lowest BCUT2D eigenvalue weighted by Gasteiger charge is -2.28. The van der Waals surface area contributed by atoms with E-state index in [1.165, 1.54) is 0 Å². The Kier molecular flexibility index (Phi) is 4.56. The summed E-state index contributed by atoms with van der Waals surface area (Å²) in [6.07, 6.45) is 1.02. The summed E-state index contributed by atoms with van der Waals surface area (Å²) in [5, 5.41) is 0. The number of benzene rings is 1. The summed E-state index contributed by atoms with van der Waals surface area (Å²) in [6.45, 7) is 2.30. The van der Waals surface area contributed by atoms with Gasteiger partial charge in [0.1, 0.15) is 6.04 Å². The molecule has 1 fully saturated rings. The summed E-state index contributed by atoms with van der Waals surface area (Å²) in [4.78, 5) is 16.6. The van der Waals surface area contributed by atoms with Crippen LogP contribution in [0.3, 0.4) is 0 Å². The van der Waals surface area contributed by atoms with Gasteiger partial charge in [0.05, 0.1) is 0 Å². The summed E-state index contributed by atoms with van der Waals surface area (Å²) in [5.41, 5.74) is 6.74. The molecule has 0 aliphatic carbocycles. The van der Waals surface area contributed by atoms with Gasteiger partial charge in [-0.05, 0) is 38.5 Å². The van der Waals surface area contributed by atoms with Gasteiger partial charge < -0.3 is 10.6 Å². The molecule has 0 saturated carbocycles. The van der Waals surface area contributed by atoms with E-state index in [1.54, 1.807) is 0 Å². The number of carbonyl (C=O) groups is 1. The van der Waals surface area contributed by atoms with Crippen LogP contribution in [-0.2, 0) is 4.79 Å². The van der Waals surface area contributed by atoms with Gasteiger partial charge in [-0.25, -0.2) is 0 Å². The van der Waals surface area contributed by atoms with E-state index in [0.29, 0.717) is 12.5 Å². The lowest BCUT2D eigenvalue weighted by molar-refractivity contribution is -0.135. The van der Waals surface area contributed by atoms with E-state index in [0.717, 1.165) is 25.1 Å². The molecule has 19 heavy (non-hydrogen) atoms. The Balaban J connectivity index is 2.14. The van der Waals surface area contributed by atoms with Gasteiger partial charge in [0.25, 0.3) is 0 Å². The molecule has 1 aliphatic heterocycles. The topological polar surface area (TPSA) is 49.6 Å².